The summed E-state index contributed by atoms with van der Waals surface area (Å²) >= 11 is 5.82. The lowest BCUT2D eigenvalue weighted by Crippen LogP contribution is -2.16. The zero-order valence-corrected chi connectivity index (χ0v) is 10.9. The molecule has 2 aromatic heterocycles. The van der Waals surface area contributed by atoms with E-state index in [0.717, 1.165) is 12.1 Å². The van der Waals surface area contributed by atoms with Crippen LogP contribution in [0, 0.1) is 0 Å². The Morgan fingerprint density at radius 2 is 2.28 bits per heavy atom. The fourth-order valence-corrected chi connectivity index (χ4v) is 1.73. The maximum atomic E-state index is 12.0. The molecule has 0 radical (unpaired) electrons. The number of aryl methyl sites for hydroxylation is 2. The molecule has 0 spiro atoms. The molecule has 94 valence electrons. The summed E-state index contributed by atoms with van der Waals surface area (Å²) in [6.07, 6.45) is 2.33. The minimum Gasteiger partial charge on any atom is -0.305 e. The number of pyridine rings is 1. The third kappa shape index (κ3) is 2.68. The molecule has 0 atom stereocenters. The summed E-state index contributed by atoms with van der Waals surface area (Å²) in [6.45, 7) is 1.99. The second-order valence-corrected chi connectivity index (χ2v) is 4.25. The maximum absolute atomic E-state index is 12.0. The van der Waals surface area contributed by atoms with Crippen molar-refractivity contribution < 1.29 is 4.79 Å². The van der Waals surface area contributed by atoms with Crippen LogP contribution in [0.3, 0.4) is 0 Å². The number of carbonyl (C=O) groups is 1. The van der Waals surface area contributed by atoms with Crippen molar-refractivity contribution in [1.82, 2.24) is 14.8 Å². The summed E-state index contributed by atoms with van der Waals surface area (Å²) in [5, 5.41) is 7.43. The number of carbonyl (C=O) groups excluding carboxylic acids is 1. The van der Waals surface area contributed by atoms with E-state index in [1.807, 2.05) is 6.92 Å². The molecule has 1 N–H and O–H groups in total. The van der Waals surface area contributed by atoms with E-state index in [2.05, 4.69) is 15.4 Å². The Bertz CT molecular complexity index is 579. The van der Waals surface area contributed by atoms with E-state index in [1.54, 1.807) is 36.1 Å². The highest BCUT2D eigenvalue weighted by Gasteiger charge is 2.13. The van der Waals surface area contributed by atoms with Gasteiger partial charge in [0.15, 0.2) is 0 Å². The lowest BCUT2D eigenvalue weighted by Gasteiger charge is -2.04. The first-order chi connectivity index (χ1) is 8.60. The maximum Gasteiger partial charge on any atom is 0.275 e. The van der Waals surface area contributed by atoms with Gasteiger partial charge < -0.3 is 5.32 Å². The van der Waals surface area contributed by atoms with Crippen molar-refractivity contribution in [1.29, 1.82) is 0 Å². The van der Waals surface area contributed by atoms with Crippen molar-refractivity contribution in [2.75, 3.05) is 5.32 Å². The van der Waals surface area contributed by atoms with Crippen LogP contribution < -0.4 is 5.32 Å². The van der Waals surface area contributed by atoms with Crippen LogP contribution >= 0.6 is 11.6 Å². The SMILES string of the molecule is CCc1cc(C(=O)Nc2cc(Cl)ccn2)n(C)n1. The van der Waals surface area contributed by atoms with Gasteiger partial charge in [-0.1, -0.05) is 18.5 Å². The van der Waals surface area contributed by atoms with Gasteiger partial charge in [0.05, 0.1) is 5.69 Å². The van der Waals surface area contributed by atoms with Crippen molar-refractivity contribution >= 4 is 23.3 Å². The van der Waals surface area contributed by atoms with Crippen molar-refractivity contribution in [2.45, 2.75) is 13.3 Å². The molecule has 6 heteroatoms. The lowest BCUT2D eigenvalue weighted by atomic mass is 10.3. The molecular weight excluding hydrogens is 252 g/mol. The smallest absolute Gasteiger partial charge is 0.275 e. The number of nitrogens with zero attached hydrogens (tertiary/aromatic N) is 3. The fourth-order valence-electron chi connectivity index (χ4n) is 1.57. The number of anilines is 1. The molecule has 0 aliphatic carbocycles. The van der Waals surface area contributed by atoms with E-state index >= 15 is 0 Å². The summed E-state index contributed by atoms with van der Waals surface area (Å²) in [5.41, 5.74) is 1.37. The Labute approximate surface area is 110 Å². The Morgan fingerprint density at radius 3 is 2.89 bits per heavy atom. The van der Waals surface area contributed by atoms with Crippen LogP contribution in [0.1, 0.15) is 23.1 Å². The number of rotatable bonds is 3. The van der Waals surface area contributed by atoms with Gasteiger partial charge in [-0.3, -0.25) is 9.48 Å². The van der Waals surface area contributed by atoms with Gasteiger partial charge in [-0.05, 0) is 24.6 Å². The molecule has 18 heavy (non-hydrogen) atoms. The van der Waals surface area contributed by atoms with Gasteiger partial charge in [-0.25, -0.2) is 4.98 Å². The molecule has 0 aromatic carbocycles. The lowest BCUT2D eigenvalue weighted by molar-refractivity contribution is 0.101. The highest BCUT2D eigenvalue weighted by molar-refractivity contribution is 6.30. The molecule has 0 saturated heterocycles. The van der Waals surface area contributed by atoms with E-state index in [-0.39, 0.29) is 5.91 Å². The number of halogens is 1. The van der Waals surface area contributed by atoms with E-state index in [9.17, 15) is 4.79 Å². The quantitative estimate of drug-likeness (QED) is 0.925. The summed E-state index contributed by atoms with van der Waals surface area (Å²) in [5.74, 6) is 0.172. The number of nitrogens with one attached hydrogen (secondary N) is 1. The summed E-state index contributed by atoms with van der Waals surface area (Å²) in [4.78, 5) is 16.0. The minimum absolute atomic E-state index is 0.250. The van der Waals surface area contributed by atoms with Crippen LogP contribution in [0.5, 0.6) is 0 Å². The molecule has 0 bridgehead atoms. The van der Waals surface area contributed by atoms with Gasteiger partial charge in [0, 0.05) is 18.3 Å². The fraction of sp³-hybridized carbons (Fsp3) is 0.250. The number of aromatic nitrogens is 3. The van der Waals surface area contributed by atoms with Gasteiger partial charge in [-0.15, -0.1) is 0 Å². The largest absolute Gasteiger partial charge is 0.305 e. The van der Waals surface area contributed by atoms with Gasteiger partial charge in [0.1, 0.15) is 11.5 Å². The Hall–Kier alpha value is -1.88. The van der Waals surface area contributed by atoms with Crippen LogP contribution in [0.2, 0.25) is 5.02 Å². The Kier molecular flexibility index (Phi) is 3.62. The van der Waals surface area contributed by atoms with Crippen LogP contribution in [0.25, 0.3) is 0 Å². The molecule has 2 rings (SSSR count). The van der Waals surface area contributed by atoms with Crippen molar-refractivity contribution in [3.8, 4) is 0 Å². The molecule has 2 heterocycles. The Balaban J connectivity index is 2.19. The van der Waals surface area contributed by atoms with E-state index < -0.39 is 0 Å². The zero-order valence-electron chi connectivity index (χ0n) is 10.1. The monoisotopic (exact) mass is 264 g/mol. The minimum atomic E-state index is -0.250. The molecule has 0 aliphatic heterocycles. The summed E-state index contributed by atoms with van der Waals surface area (Å²) < 4.78 is 1.55. The predicted octanol–water partition coefficient (Wildman–Crippen LogP) is 2.28. The summed E-state index contributed by atoms with van der Waals surface area (Å²) in [6, 6.07) is 5.01. The number of amides is 1. The molecule has 0 aliphatic rings. The van der Waals surface area contributed by atoms with Crippen molar-refractivity contribution in [3.05, 3.63) is 40.8 Å². The normalized spacial score (nSPS) is 10.4. The van der Waals surface area contributed by atoms with E-state index in [1.165, 1.54) is 0 Å². The average molecular weight is 265 g/mol. The molecule has 0 fully saturated rings. The molecular formula is C12H13ClN4O. The van der Waals surface area contributed by atoms with Gasteiger partial charge in [0.25, 0.3) is 5.91 Å². The highest BCUT2D eigenvalue weighted by atomic mass is 35.5. The zero-order chi connectivity index (χ0) is 13.1. The van der Waals surface area contributed by atoms with Gasteiger partial charge >= 0.3 is 0 Å². The van der Waals surface area contributed by atoms with Crippen molar-refractivity contribution in [2.24, 2.45) is 7.05 Å². The van der Waals surface area contributed by atoms with Gasteiger partial charge in [-0.2, -0.15) is 5.10 Å². The topological polar surface area (TPSA) is 59.8 Å². The van der Waals surface area contributed by atoms with Crippen LogP contribution in [0.4, 0.5) is 5.82 Å². The summed E-state index contributed by atoms with van der Waals surface area (Å²) in [7, 11) is 1.74. The first-order valence-electron chi connectivity index (χ1n) is 5.56. The molecule has 5 nitrogen and oxygen atoms in total. The number of hydrogen-bond donors (Lipinski definition) is 1. The van der Waals surface area contributed by atoms with E-state index in [0.29, 0.717) is 16.5 Å². The molecule has 2 aromatic rings. The Morgan fingerprint density at radius 1 is 1.50 bits per heavy atom. The van der Waals surface area contributed by atoms with Crippen LogP contribution in [0.15, 0.2) is 24.4 Å². The van der Waals surface area contributed by atoms with Crippen molar-refractivity contribution in [3.63, 3.8) is 0 Å². The highest BCUT2D eigenvalue weighted by Crippen LogP contribution is 2.13. The number of hydrogen-bond acceptors (Lipinski definition) is 3. The second-order valence-electron chi connectivity index (χ2n) is 3.81. The third-order valence-corrected chi connectivity index (χ3v) is 2.72. The molecule has 0 saturated carbocycles. The first kappa shape index (κ1) is 12.6. The first-order valence-corrected chi connectivity index (χ1v) is 5.93. The average Bonchev–Trinajstić information content (AvgIpc) is 2.70. The van der Waals surface area contributed by atoms with Crippen LogP contribution in [-0.4, -0.2) is 20.7 Å². The van der Waals surface area contributed by atoms with Crippen LogP contribution in [-0.2, 0) is 13.5 Å². The predicted molar refractivity (Wildman–Crippen MR) is 69.8 cm³/mol. The third-order valence-electron chi connectivity index (χ3n) is 2.49. The molecule has 1 amide bonds. The van der Waals surface area contributed by atoms with E-state index in [4.69, 9.17) is 11.6 Å². The standard InChI is InChI=1S/C12H13ClN4O/c1-3-9-7-10(17(2)16-9)12(18)15-11-6-8(13)4-5-14-11/h4-7H,3H2,1-2H3,(H,14,15,18). The van der Waals surface area contributed by atoms with Gasteiger partial charge in [0.2, 0.25) is 0 Å². The molecule has 0 unspecified atom stereocenters. The second kappa shape index (κ2) is 5.18.